The van der Waals surface area contributed by atoms with E-state index in [0.717, 1.165) is 5.56 Å². The first-order valence-electron chi connectivity index (χ1n) is 6.42. The number of halogens is 2. The van der Waals surface area contributed by atoms with Gasteiger partial charge < -0.3 is 5.73 Å². The number of benzene rings is 2. The minimum atomic E-state index is -0.692. The van der Waals surface area contributed by atoms with Crippen LogP contribution in [-0.2, 0) is 6.54 Å². The zero-order valence-electron chi connectivity index (χ0n) is 11.3. The first-order valence-corrected chi connectivity index (χ1v) is 7.17. The van der Waals surface area contributed by atoms with E-state index in [1.807, 2.05) is 12.1 Å². The lowest BCUT2D eigenvalue weighted by molar-refractivity contribution is 0.100. The van der Waals surface area contributed by atoms with Gasteiger partial charge in [-0.3, -0.25) is 19.4 Å². The summed E-state index contributed by atoms with van der Waals surface area (Å²) in [5.74, 6) is -0.692. The van der Waals surface area contributed by atoms with E-state index in [2.05, 4.69) is 5.10 Å². The molecule has 7 heteroatoms. The van der Waals surface area contributed by atoms with Crippen LogP contribution in [0.2, 0.25) is 10.0 Å². The van der Waals surface area contributed by atoms with E-state index in [4.69, 9.17) is 28.9 Å². The fourth-order valence-corrected chi connectivity index (χ4v) is 2.71. The first-order chi connectivity index (χ1) is 10.5. The molecule has 0 aliphatic carbocycles. The highest BCUT2D eigenvalue weighted by Crippen LogP contribution is 2.22. The molecule has 0 saturated carbocycles. The quantitative estimate of drug-likeness (QED) is 0.771. The summed E-state index contributed by atoms with van der Waals surface area (Å²) < 4.78 is 1.62. The maximum absolute atomic E-state index is 12.1. The molecule has 3 rings (SSSR count). The smallest absolute Gasteiger partial charge is 0.272 e. The number of nitrogens with one attached hydrogen (secondary N) is 1. The third kappa shape index (κ3) is 2.61. The number of aromatic amines is 1. The molecule has 0 spiro atoms. The van der Waals surface area contributed by atoms with Gasteiger partial charge in [-0.15, -0.1) is 0 Å². The molecular formula is C15H11Cl2N3O2. The Kier molecular flexibility index (Phi) is 3.68. The highest BCUT2D eigenvalue weighted by Gasteiger charge is 2.16. The summed E-state index contributed by atoms with van der Waals surface area (Å²) in [6.45, 7) is 0.411. The van der Waals surface area contributed by atoms with Gasteiger partial charge in [0.25, 0.3) is 5.56 Å². The summed E-state index contributed by atoms with van der Waals surface area (Å²) in [7, 11) is 0. The van der Waals surface area contributed by atoms with Gasteiger partial charge in [0.1, 0.15) is 0 Å². The van der Waals surface area contributed by atoms with Crippen molar-refractivity contribution in [1.82, 2.24) is 9.78 Å². The number of rotatable bonds is 3. The van der Waals surface area contributed by atoms with Crippen LogP contribution in [0.3, 0.4) is 0 Å². The van der Waals surface area contributed by atoms with Crippen molar-refractivity contribution in [3.8, 4) is 0 Å². The fraction of sp³-hybridized carbons (Fsp3) is 0.0667. The number of primary amides is 1. The van der Waals surface area contributed by atoms with Gasteiger partial charge in [-0.05, 0) is 29.8 Å². The molecule has 0 atom stereocenters. The summed E-state index contributed by atoms with van der Waals surface area (Å²) in [4.78, 5) is 23.6. The Morgan fingerprint density at radius 3 is 2.45 bits per heavy atom. The van der Waals surface area contributed by atoms with Crippen molar-refractivity contribution in [1.29, 1.82) is 0 Å². The van der Waals surface area contributed by atoms with Crippen LogP contribution in [0, 0.1) is 0 Å². The molecule has 0 unspecified atom stereocenters. The Labute approximate surface area is 135 Å². The standard InChI is InChI=1S/C15H11Cl2N3O2/c16-9-3-1-8(2-4-9)7-20-12-6-10(17)5-11(14(18)21)13(12)15(22)19-20/h1-6H,7H2,(H2,18,21)(H,19,22). The van der Waals surface area contributed by atoms with Crippen molar-refractivity contribution in [3.05, 3.63) is 67.9 Å². The summed E-state index contributed by atoms with van der Waals surface area (Å²) >= 11 is 11.9. The number of fused-ring (bicyclic) bond motifs is 1. The molecule has 112 valence electrons. The largest absolute Gasteiger partial charge is 0.366 e. The van der Waals surface area contributed by atoms with E-state index in [9.17, 15) is 9.59 Å². The Balaban J connectivity index is 2.17. The summed E-state index contributed by atoms with van der Waals surface area (Å²) in [6.07, 6.45) is 0. The summed E-state index contributed by atoms with van der Waals surface area (Å²) in [6, 6.07) is 10.3. The van der Waals surface area contributed by atoms with Gasteiger partial charge in [0, 0.05) is 10.0 Å². The second-order valence-corrected chi connectivity index (χ2v) is 5.74. The summed E-state index contributed by atoms with van der Waals surface area (Å²) in [5.41, 5.74) is 6.52. The number of carbonyl (C=O) groups excluding carboxylic acids is 1. The van der Waals surface area contributed by atoms with Gasteiger partial charge >= 0.3 is 0 Å². The van der Waals surface area contributed by atoms with E-state index >= 15 is 0 Å². The van der Waals surface area contributed by atoms with Crippen molar-refractivity contribution >= 4 is 40.0 Å². The molecule has 3 N–H and O–H groups in total. The van der Waals surface area contributed by atoms with Crippen molar-refractivity contribution in [2.45, 2.75) is 6.54 Å². The Morgan fingerprint density at radius 1 is 1.14 bits per heavy atom. The van der Waals surface area contributed by atoms with E-state index < -0.39 is 5.91 Å². The van der Waals surface area contributed by atoms with E-state index in [1.165, 1.54) is 6.07 Å². The van der Waals surface area contributed by atoms with E-state index in [-0.39, 0.29) is 16.5 Å². The van der Waals surface area contributed by atoms with Crippen LogP contribution in [-0.4, -0.2) is 15.7 Å². The van der Waals surface area contributed by atoms with Gasteiger partial charge in [-0.25, -0.2) is 0 Å². The van der Waals surface area contributed by atoms with Crippen LogP contribution in [0.4, 0.5) is 0 Å². The molecule has 0 bridgehead atoms. The zero-order chi connectivity index (χ0) is 15.9. The van der Waals surface area contributed by atoms with Crippen molar-refractivity contribution in [2.75, 3.05) is 0 Å². The lowest BCUT2D eigenvalue weighted by atomic mass is 10.1. The second kappa shape index (κ2) is 5.51. The topological polar surface area (TPSA) is 80.9 Å². The maximum Gasteiger partial charge on any atom is 0.272 e. The first kappa shape index (κ1) is 14.7. The van der Waals surface area contributed by atoms with Gasteiger partial charge in [0.2, 0.25) is 5.91 Å². The van der Waals surface area contributed by atoms with Gasteiger partial charge in [0.15, 0.2) is 0 Å². The molecule has 0 fully saturated rings. The number of hydrogen-bond acceptors (Lipinski definition) is 2. The fourth-order valence-electron chi connectivity index (χ4n) is 2.37. The zero-order valence-corrected chi connectivity index (χ0v) is 12.8. The average Bonchev–Trinajstić information content (AvgIpc) is 2.77. The maximum atomic E-state index is 12.1. The predicted molar refractivity (Wildman–Crippen MR) is 86.6 cm³/mol. The third-order valence-corrected chi connectivity index (χ3v) is 3.83. The molecule has 0 aliphatic heterocycles. The second-order valence-electron chi connectivity index (χ2n) is 4.87. The molecule has 5 nitrogen and oxygen atoms in total. The predicted octanol–water partition coefficient (Wildman–Crippen LogP) is 2.78. The minimum absolute atomic E-state index is 0.110. The van der Waals surface area contributed by atoms with E-state index in [1.54, 1.807) is 22.9 Å². The Bertz CT molecular complexity index is 926. The van der Waals surface area contributed by atoms with Crippen LogP contribution in [0.15, 0.2) is 41.2 Å². The van der Waals surface area contributed by atoms with E-state index in [0.29, 0.717) is 22.1 Å². The van der Waals surface area contributed by atoms with Crippen LogP contribution < -0.4 is 11.3 Å². The molecule has 1 heterocycles. The highest BCUT2D eigenvalue weighted by atomic mass is 35.5. The number of nitrogens with two attached hydrogens (primary N) is 1. The molecule has 1 aromatic heterocycles. The van der Waals surface area contributed by atoms with Crippen molar-refractivity contribution < 1.29 is 4.79 Å². The van der Waals surface area contributed by atoms with Gasteiger partial charge in [0.05, 0.1) is 23.0 Å². The molecule has 1 amide bonds. The molecule has 0 saturated heterocycles. The van der Waals surface area contributed by atoms with Crippen LogP contribution >= 0.6 is 23.2 Å². The molecule has 3 aromatic rings. The average molecular weight is 336 g/mol. The number of amides is 1. The third-order valence-electron chi connectivity index (χ3n) is 3.36. The van der Waals surface area contributed by atoms with Gasteiger partial charge in [-0.1, -0.05) is 35.3 Å². The van der Waals surface area contributed by atoms with Gasteiger partial charge in [-0.2, -0.15) is 0 Å². The molecule has 0 radical (unpaired) electrons. The molecular weight excluding hydrogens is 325 g/mol. The van der Waals surface area contributed by atoms with Crippen molar-refractivity contribution in [3.63, 3.8) is 0 Å². The number of hydrogen-bond donors (Lipinski definition) is 2. The van der Waals surface area contributed by atoms with Crippen LogP contribution in [0.25, 0.3) is 10.9 Å². The Morgan fingerprint density at radius 2 is 1.82 bits per heavy atom. The minimum Gasteiger partial charge on any atom is -0.366 e. The number of carbonyl (C=O) groups is 1. The molecule has 0 aliphatic rings. The molecule has 2 aromatic carbocycles. The monoisotopic (exact) mass is 335 g/mol. The number of nitrogens with zero attached hydrogens (tertiary/aromatic N) is 1. The summed E-state index contributed by atoms with van der Waals surface area (Å²) in [5, 5.41) is 3.91. The highest BCUT2D eigenvalue weighted by molar-refractivity contribution is 6.32. The normalized spacial score (nSPS) is 11.0. The Hall–Kier alpha value is -2.24. The van der Waals surface area contributed by atoms with Crippen LogP contribution in [0.1, 0.15) is 15.9 Å². The number of H-pyrrole nitrogens is 1. The van der Waals surface area contributed by atoms with Crippen LogP contribution in [0.5, 0.6) is 0 Å². The lowest BCUT2D eigenvalue weighted by Crippen LogP contribution is -2.14. The lowest BCUT2D eigenvalue weighted by Gasteiger charge is -2.06. The SMILES string of the molecule is NC(=O)c1cc(Cl)cc2c1c(=O)[nH]n2Cc1ccc(Cl)cc1. The molecule has 22 heavy (non-hydrogen) atoms. The van der Waals surface area contributed by atoms with Crippen molar-refractivity contribution in [2.24, 2.45) is 5.73 Å². The number of aromatic nitrogens is 2.